The number of ether oxygens (including phenoxy) is 3. The van der Waals surface area contributed by atoms with Crippen molar-refractivity contribution in [2.24, 2.45) is 0 Å². The molecule has 390 valence electrons. The molecule has 0 fully saturated rings. The van der Waals surface area contributed by atoms with Crippen LogP contribution in [-0.2, 0) is 28.6 Å². The zero-order chi connectivity index (χ0) is 47.9. The SMILES string of the molecule is CCCC/C=C\CCCCCCCC(=O)OCC(COC(=O)CCCCCCCCCCCCCCCCCCCCCC)OC(=O)CCCCCCCCCCCCCCCCCCC. The molecule has 0 aromatic carbocycles. The molecule has 0 aliphatic carbocycles. The van der Waals surface area contributed by atoms with Crippen molar-refractivity contribution in [3.05, 3.63) is 12.2 Å². The Balaban J connectivity index is 4.24. The summed E-state index contributed by atoms with van der Waals surface area (Å²) in [6.45, 7) is 6.66. The van der Waals surface area contributed by atoms with Gasteiger partial charge in [0.1, 0.15) is 13.2 Å². The molecule has 1 atom stereocenters. The van der Waals surface area contributed by atoms with Crippen LogP contribution in [0.25, 0.3) is 0 Å². The first-order valence-electron chi connectivity index (χ1n) is 29.7. The number of allylic oxidation sites excluding steroid dienone is 2. The smallest absolute Gasteiger partial charge is 0.306 e. The second-order valence-electron chi connectivity index (χ2n) is 20.3. The Morgan fingerprint density at radius 3 is 0.803 bits per heavy atom. The highest BCUT2D eigenvalue weighted by molar-refractivity contribution is 5.71. The number of hydrogen-bond acceptors (Lipinski definition) is 6. The lowest BCUT2D eigenvalue weighted by Gasteiger charge is -2.18. The maximum atomic E-state index is 12.8. The summed E-state index contributed by atoms with van der Waals surface area (Å²) in [6, 6.07) is 0. The van der Waals surface area contributed by atoms with E-state index < -0.39 is 6.10 Å². The van der Waals surface area contributed by atoms with Gasteiger partial charge in [0.2, 0.25) is 0 Å². The lowest BCUT2D eigenvalue weighted by atomic mass is 10.0. The Labute approximate surface area is 411 Å². The van der Waals surface area contributed by atoms with Crippen LogP contribution in [0.2, 0.25) is 0 Å². The van der Waals surface area contributed by atoms with Crippen molar-refractivity contribution < 1.29 is 28.6 Å². The van der Waals surface area contributed by atoms with Crippen LogP contribution in [-0.4, -0.2) is 37.2 Å². The molecule has 0 aliphatic rings. The first kappa shape index (κ1) is 64.2. The normalized spacial score (nSPS) is 12.0. The summed E-state index contributed by atoms with van der Waals surface area (Å²) in [4.78, 5) is 38.1. The summed E-state index contributed by atoms with van der Waals surface area (Å²) in [5, 5.41) is 0. The van der Waals surface area contributed by atoms with E-state index in [2.05, 4.69) is 32.9 Å². The zero-order valence-electron chi connectivity index (χ0n) is 44.7. The van der Waals surface area contributed by atoms with Gasteiger partial charge in [-0.15, -0.1) is 0 Å². The molecule has 66 heavy (non-hydrogen) atoms. The Hall–Kier alpha value is -1.85. The fourth-order valence-electron chi connectivity index (χ4n) is 9.02. The fraction of sp³-hybridized carbons (Fsp3) is 0.917. The molecule has 0 aromatic rings. The van der Waals surface area contributed by atoms with E-state index in [0.29, 0.717) is 19.3 Å². The average molecular weight is 932 g/mol. The third-order valence-corrected chi connectivity index (χ3v) is 13.5. The van der Waals surface area contributed by atoms with Crippen molar-refractivity contribution in [1.82, 2.24) is 0 Å². The Morgan fingerprint density at radius 2 is 0.515 bits per heavy atom. The van der Waals surface area contributed by atoms with Crippen molar-refractivity contribution in [2.75, 3.05) is 13.2 Å². The molecule has 0 saturated heterocycles. The first-order chi connectivity index (χ1) is 32.5. The van der Waals surface area contributed by atoms with Crippen LogP contribution < -0.4 is 0 Å². The fourth-order valence-corrected chi connectivity index (χ4v) is 9.02. The van der Waals surface area contributed by atoms with Gasteiger partial charge < -0.3 is 14.2 Å². The van der Waals surface area contributed by atoms with E-state index in [4.69, 9.17) is 14.2 Å². The van der Waals surface area contributed by atoms with E-state index in [9.17, 15) is 14.4 Å². The molecule has 0 radical (unpaired) electrons. The van der Waals surface area contributed by atoms with Gasteiger partial charge in [0.05, 0.1) is 0 Å². The van der Waals surface area contributed by atoms with Crippen LogP contribution in [0.4, 0.5) is 0 Å². The summed E-state index contributed by atoms with van der Waals surface area (Å²) >= 11 is 0. The zero-order valence-corrected chi connectivity index (χ0v) is 44.7. The molecular weight excluding hydrogens is 817 g/mol. The van der Waals surface area contributed by atoms with Gasteiger partial charge in [0, 0.05) is 19.3 Å². The number of esters is 3. The Bertz CT molecular complexity index is 1020. The van der Waals surface area contributed by atoms with Crippen LogP contribution >= 0.6 is 0 Å². The molecule has 0 amide bonds. The number of carbonyl (C=O) groups is 3. The predicted molar refractivity (Wildman–Crippen MR) is 284 cm³/mol. The molecule has 0 heterocycles. The molecule has 0 N–H and O–H groups in total. The summed E-state index contributed by atoms with van der Waals surface area (Å²) in [5.41, 5.74) is 0. The van der Waals surface area contributed by atoms with Crippen molar-refractivity contribution >= 4 is 17.9 Å². The van der Waals surface area contributed by atoms with Crippen LogP contribution in [0.1, 0.15) is 335 Å². The first-order valence-corrected chi connectivity index (χ1v) is 29.7. The van der Waals surface area contributed by atoms with E-state index >= 15 is 0 Å². The van der Waals surface area contributed by atoms with Gasteiger partial charge in [0.25, 0.3) is 0 Å². The maximum absolute atomic E-state index is 12.8. The third kappa shape index (κ3) is 53.1. The molecule has 1 unspecified atom stereocenters. The molecule has 6 nitrogen and oxygen atoms in total. The van der Waals surface area contributed by atoms with Gasteiger partial charge in [-0.1, -0.05) is 290 Å². The molecular formula is C60H114O6. The van der Waals surface area contributed by atoms with E-state index in [-0.39, 0.29) is 31.1 Å². The van der Waals surface area contributed by atoms with Crippen molar-refractivity contribution in [2.45, 2.75) is 341 Å². The maximum Gasteiger partial charge on any atom is 0.306 e. The van der Waals surface area contributed by atoms with E-state index in [1.54, 1.807) is 0 Å². The quantitative estimate of drug-likeness (QED) is 0.0262. The minimum absolute atomic E-state index is 0.0665. The highest BCUT2D eigenvalue weighted by Gasteiger charge is 2.19. The van der Waals surface area contributed by atoms with Crippen LogP contribution in [0.5, 0.6) is 0 Å². The lowest BCUT2D eigenvalue weighted by molar-refractivity contribution is -0.167. The number of carbonyl (C=O) groups excluding carboxylic acids is 3. The molecule has 6 heteroatoms. The second-order valence-corrected chi connectivity index (χ2v) is 20.3. The van der Waals surface area contributed by atoms with Gasteiger partial charge in [-0.05, 0) is 38.5 Å². The Morgan fingerprint density at radius 1 is 0.288 bits per heavy atom. The Kier molecular flexibility index (Phi) is 54.2. The van der Waals surface area contributed by atoms with Gasteiger partial charge in [-0.3, -0.25) is 14.4 Å². The van der Waals surface area contributed by atoms with Gasteiger partial charge in [0.15, 0.2) is 6.10 Å². The standard InChI is InChI=1S/C60H114O6/c1-4-7-10-13-16-19-22-24-26-28-29-30-32-33-35-38-41-44-47-50-53-59(62)65-56-57(55-64-58(61)52-49-46-43-40-37-21-18-15-12-9-6-3)66-60(63)54-51-48-45-42-39-36-34-31-27-25-23-20-17-14-11-8-5-2/h15,18,57H,4-14,16-17,19-56H2,1-3H3/b18-15-. The summed E-state index contributed by atoms with van der Waals surface area (Å²) < 4.78 is 16.9. The summed E-state index contributed by atoms with van der Waals surface area (Å²) in [7, 11) is 0. The van der Waals surface area contributed by atoms with E-state index in [1.807, 2.05) is 0 Å². The highest BCUT2D eigenvalue weighted by atomic mass is 16.6. The molecule has 0 aliphatic heterocycles. The highest BCUT2D eigenvalue weighted by Crippen LogP contribution is 2.18. The molecule has 0 aromatic heterocycles. The number of hydrogen-bond donors (Lipinski definition) is 0. The minimum atomic E-state index is -0.767. The largest absolute Gasteiger partial charge is 0.462 e. The molecule has 0 bridgehead atoms. The predicted octanol–water partition coefficient (Wildman–Crippen LogP) is 19.7. The van der Waals surface area contributed by atoms with Crippen LogP contribution in [0.15, 0.2) is 12.2 Å². The van der Waals surface area contributed by atoms with E-state index in [0.717, 1.165) is 64.2 Å². The van der Waals surface area contributed by atoms with Gasteiger partial charge in [-0.2, -0.15) is 0 Å². The molecule has 0 saturated carbocycles. The van der Waals surface area contributed by atoms with Crippen LogP contribution in [0.3, 0.4) is 0 Å². The van der Waals surface area contributed by atoms with Gasteiger partial charge >= 0.3 is 17.9 Å². The topological polar surface area (TPSA) is 78.9 Å². The summed E-state index contributed by atoms with van der Waals surface area (Å²) in [5.74, 6) is -0.851. The summed E-state index contributed by atoms with van der Waals surface area (Å²) in [6.07, 6.45) is 63.5. The molecule has 0 rings (SSSR count). The minimum Gasteiger partial charge on any atom is -0.462 e. The van der Waals surface area contributed by atoms with Crippen LogP contribution in [0, 0.1) is 0 Å². The van der Waals surface area contributed by atoms with Gasteiger partial charge in [-0.25, -0.2) is 0 Å². The molecule has 0 spiro atoms. The average Bonchev–Trinajstić information content (AvgIpc) is 3.31. The third-order valence-electron chi connectivity index (χ3n) is 13.5. The van der Waals surface area contributed by atoms with E-state index in [1.165, 1.54) is 231 Å². The van der Waals surface area contributed by atoms with Crippen molar-refractivity contribution in [3.8, 4) is 0 Å². The number of unbranched alkanes of at least 4 members (excludes halogenated alkanes) is 42. The van der Waals surface area contributed by atoms with Crippen molar-refractivity contribution in [3.63, 3.8) is 0 Å². The van der Waals surface area contributed by atoms with Crippen molar-refractivity contribution in [1.29, 1.82) is 0 Å². The second kappa shape index (κ2) is 55.7. The lowest BCUT2D eigenvalue weighted by Crippen LogP contribution is -2.30. The monoisotopic (exact) mass is 931 g/mol. The number of rotatable bonds is 55.